The summed E-state index contributed by atoms with van der Waals surface area (Å²) >= 11 is 0. The van der Waals surface area contributed by atoms with Gasteiger partial charge in [-0.05, 0) is 43.7 Å². The lowest BCUT2D eigenvalue weighted by atomic mass is 9.82. The zero-order chi connectivity index (χ0) is 17.6. The van der Waals surface area contributed by atoms with E-state index in [-0.39, 0.29) is 11.5 Å². The molecular formula is C21H27N3O2. The van der Waals surface area contributed by atoms with E-state index in [1.54, 1.807) is 0 Å². The monoisotopic (exact) mass is 353 g/mol. The minimum Gasteiger partial charge on any atom is -0.368 e. The number of hydrogen-bond donors (Lipinski definition) is 2. The molecule has 3 aliphatic heterocycles. The van der Waals surface area contributed by atoms with Gasteiger partial charge in [0.25, 0.3) is 0 Å². The molecule has 2 aromatic rings. The van der Waals surface area contributed by atoms with Crippen molar-refractivity contribution in [2.75, 3.05) is 26.2 Å². The molecule has 1 unspecified atom stereocenters. The number of amides is 1. The molecule has 2 saturated heterocycles. The lowest BCUT2D eigenvalue weighted by molar-refractivity contribution is -0.121. The van der Waals surface area contributed by atoms with E-state index in [4.69, 9.17) is 4.74 Å². The number of carbonyl (C=O) groups excluding carboxylic acids is 1. The summed E-state index contributed by atoms with van der Waals surface area (Å²) in [6.07, 6.45) is 5.78. The average Bonchev–Trinajstić information content (AvgIpc) is 2.92. The van der Waals surface area contributed by atoms with Crippen LogP contribution >= 0.6 is 0 Å². The molecule has 5 rings (SSSR count). The van der Waals surface area contributed by atoms with Crippen molar-refractivity contribution in [1.82, 2.24) is 15.2 Å². The van der Waals surface area contributed by atoms with Gasteiger partial charge in [0.05, 0.1) is 12.3 Å². The maximum absolute atomic E-state index is 11.6. The highest BCUT2D eigenvalue weighted by Crippen LogP contribution is 2.44. The molecule has 0 aliphatic carbocycles. The van der Waals surface area contributed by atoms with Crippen LogP contribution in [0.3, 0.4) is 0 Å². The largest absolute Gasteiger partial charge is 0.368 e. The molecule has 2 N–H and O–H groups in total. The number of nitrogens with one attached hydrogen (secondary N) is 2. The number of benzene rings is 1. The van der Waals surface area contributed by atoms with Gasteiger partial charge in [0.2, 0.25) is 5.91 Å². The van der Waals surface area contributed by atoms with Crippen molar-refractivity contribution < 1.29 is 9.53 Å². The highest BCUT2D eigenvalue weighted by atomic mass is 16.5. The van der Waals surface area contributed by atoms with E-state index < -0.39 is 0 Å². The molecule has 1 aromatic heterocycles. The zero-order valence-corrected chi connectivity index (χ0v) is 15.2. The zero-order valence-electron chi connectivity index (χ0n) is 15.2. The maximum atomic E-state index is 11.6. The third-order valence-corrected chi connectivity index (χ3v) is 6.63. The fourth-order valence-electron chi connectivity index (χ4n) is 5.19. The van der Waals surface area contributed by atoms with Gasteiger partial charge in [-0.3, -0.25) is 4.79 Å². The number of carbonyl (C=O) groups is 1. The summed E-state index contributed by atoms with van der Waals surface area (Å²) in [6, 6.07) is 9.15. The standard InChI is InChI=1S/C21H27N3O2/c25-19-6-5-15(7-11-22-19)24-12-9-21(10-13-24)20-17(8-14-26-21)16-3-1-2-4-18(16)23-20/h1-4,15,23H,5-14H2,(H,22,25). The Morgan fingerprint density at radius 2 is 1.96 bits per heavy atom. The van der Waals surface area contributed by atoms with Gasteiger partial charge < -0.3 is 19.9 Å². The van der Waals surface area contributed by atoms with E-state index in [2.05, 4.69) is 39.5 Å². The third kappa shape index (κ3) is 2.65. The number of hydrogen-bond acceptors (Lipinski definition) is 3. The van der Waals surface area contributed by atoms with E-state index in [0.717, 1.165) is 58.3 Å². The molecule has 5 nitrogen and oxygen atoms in total. The lowest BCUT2D eigenvalue weighted by Gasteiger charge is -2.45. The molecule has 1 aromatic carbocycles. The first-order valence-electron chi connectivity index (χ1n) is 10.00. The molecular weight excluding hydrogens is 326 g/mol. The SMILES string of the molecule is O=C1CCC(N2CCC3(CC2)OCCc2c3[nH]c3ccccc23)CCN1. The first-order chi connectivity index (χ1) is 12.8. The van der Waals surface area contributed by atoms with E-state index in [1.807, 2.05) is 0 Å². The summed E-state index contributed by atoms with van der Waals surface area (Å²) < 4.78 is 6.42. The minimum absolute atomic E-state index is 0.151. The number of aromatic amines is 1. The molecule has 0 radical (unpaired) electrons. The Kier molecular flexibility index (Phi) is 4.02. The Labute approximate surface area is 154 Å². The van der Waals surface area contributed by atoms with Gasteiger partial charge in [-0.15, -0.1) is 0 Å². The predicted octanol–water partition coefficient (Wildman–Crippen LogP) is 2.70. The number of aromatic nitrogens is 1. The van der Waals surface area contributed by atoms with E-state index in [9.17, 15) is 4.79 Å². The van der Waals surface area contributed by atoms with Crippen LogP contribution in [0.1, 0.15) is 43.4 Å². The normalized spacial score (nSPS) is 26.5. The second-order valence-corrected chi connectivity index (χ2v) is 7.98. The van der Waals surface area contributed by atoms with E-state index >= 15 is 0 Å². The topological polar surface area (TPSA) is 57.4 Å². The number of piperidine rings is 1. The van der Waals surface area contributed by atoms with Crippen LogP contribution in [-0.4, -0.2) is 48.1 Å². The van der Waals surface area contributed by atoms with Crippen LogP contribution in [0.25, 0.3) is 10.9 Å². The van der Waals surface area contributed by atoms with Gasteiger partial charge in [-0.2, -0.15) is 0 Å². The van der Waals surface area contributed by atoms with Gasteiger partial charge in [-0.1, -0.05) is 18.2 Å². The van der Waals surface area contributed by atoms with Crippen LogP contribution < -0.4 is 5.32 Å². The first kappa shape index (κ1) is 16.3. The second-order valence-electron chi connectivity index (χ2n) is 7.98. The van der Waals surface area contributed by atoms with Gasteiger partial charge in [0.1, 0.15) is 5.60 Å². The van der Waals surface area contributed by atoms with Crippen LogP contribution in [0, 0.1) is 0 Å². The number of para-hydroxylation sites is 1. The van der Waals surface area contributed by atoms with Crippen molar-refractivity contribution in [3.05, 3.63) is 35.5 Å². The Morgan fingerprint density at radius 1 is 1.12 bits per heavy atom. The summed E-state index contributed by atoms with van der Waals surface area (Å²) in [7, 11) is 0. The average molecular weight is 353 g/mol. The molecule has 1 amide bonds. The Hall–Kier alpha value is -1.85. The summed E-state index contributed by atoms with van der Waals surface area (Å²) in [4.78, 5) is 17.9. The van der Waals surface area contributed by atoms with Gasteiger partial charge in [0.15, 0.2) is 0 Å². The van der Waals surface area contributed by atoms with Crippen molar-refractivity contribution in [2.24, 2.45) is 0 Å². The van der Waals surface area contributed by atoms with Crippen molar-refractivity contribution in [2.45, 2.75) is 50.2 Å². The van der Waals surface area contributed by atoms with Crippen molar-refractivity contribution in [3.63, 3.8) is 0 Å². The van der Waals surface area contributed by atoms with Crippen LogP contribution in [0.5, 0.6) is 0 Å². The van der Waals surface area contributed by atoms with E-state index in [1.165, 1.54) is 22.2 Å². The molecule has 4 heterocycles. The van der Waals surface area contributed by atoms with Gasteiger partial charge >= 0.3 is 0 Å². The molecule has 2 fully saturated rings. The third-order valence-electron chi connectivity index (χ3n) is 6.63. The molecule has 1 spiro atoms. The summed E-state index contributed by atoms with van der Waals surface area (Å²) in [6.45, 7) is 3.73. The minimum atomic E-state index is -0.151. The summed E-state index contributed by atoms with van der Waals surface area (Å²) in [5.74, 6) is 0.208. The predicted molar refractivity (Wildman–Crippen MR) is 101 cm³/mol. The number of nitrogens with zero attached hydrogens (tertiary/aromatic N) is 1. The molecule has 26 heavy (non-hydrogen) atoms. The number of fused-ring (bicyclic) bond motifs is 4. The Balaban J connectivity index is 1.37. The molecule has 138 valence electrons. The molecule has 5 heteroatoms. The Morgan fingerprint density at radius 3 is 2.85 bits per heavy atom. The first-order valence-corrected chi connectivity index (χ1v) is 10.00. The number of rotatable bonds is 1. The lowest BCUT2D eigenvalue weighted by Crippen LogP contribution is -2.49. The van der Waals surface area contributed by atoms with Gasteiger partial charge in [0, 0.05) is 43.0 Å². The number of H-pyrrole nitrogens is 1. The quantitative estimate of drug-likeness (QED) is 0.829. The summed E-state index contributed by atoms with van der Waals surface area (Å²) in [5.41, 5.74) is 3.87. The number of likely N-dealkylation sites (tertiary alicyclic amines) is 1. The van der Waals surface area contributed by atoms with Crippen molar-refractivity contribution >= 4 is 16.8 Å². The highest BCUT2D eigenvalue weighted by Gasteiger charge is 2.43. The fraction of sp³-hybridized carbons (Fsp3) is 0.571. The molecule has 0 saturated carbocycles. The second kappa shape index (κ2) is 6.39. The Bertz CT molecular complexity index is 820. The molecule has 1 atom stereocenters. The van der Waals surface area contributed by atoms with E-state index in [0.29, 0.717) is 12.5 Å². The fourth-order valence-corrected chi connectivity index (χ4v) is 5.19. The van der Waals surface area contributed by atoms with Crippen LogP contribution in [-0.2, 0) is 21.6 Å². The van der Waals surface area contributed by atoms with Gasteiger partial charge in [-0.25, -0.2) is 0 Å². The molecule has 3 aliphatic rings. The van der Waals surface area contributed by atoms with Crippen LogP contribution in [0.15, 0.2) is 24.3 Å². The number of ether oxygens (including phenoxy) is 1. The van der Waals surface area contributed by atoms with Crippen LogP contribution in [0.4, 0.5) is 0 Å². The highest BCUT2D eigenvalue weighted by molar-refractivity contribution is 5.85. The van der Waals surface area contributed by atoms with Crippen molar-refractivity contribution in [3.8, 4) is 0 Å². The van der Waals surface area contributed by atoms with Crippen LogP contribution in [0.2, 0.25) is 0 Å². The summed E-state index contributed by atoms with van der Waals surface area (Å²) in [5, 5.41) is 4.37. The molecule has 0 bridgehead atoms. The maximum Gasteiger partial charge on any atom is 0.220 e. The smallest absolute Gasteiger partial charge is 0.220 e. The van der Waals surface area contributed by atoms with Crippen molar-refractivity contribution in [1.29, 1.82) is 0 Å².